The van der Waals surface area contributed by atoms with Crippen LogP contribution in [0.3, 0.4) is 0 Å². The molecule has 1 fully saturated rings. The molecule has 1 aromatic rings. The van der Waals surface area contributed by atoms with Crippen molar-refractivity contribution in [3.63, 3.8) is 0 Å². The van der Waals surface area contributed by atoms with Crippen LogP contribution >= 0.6 is 11.6 Å². The zero-order valence-corrected chi connectivity index (χ0v) is 17.9. The number of quaternary nitrogens is 2. The molecule has 1 aliphatic heterocycles. The first-order valence-corrected chi connectivity index (χ1v) is 10.9. The fraction of sp³-hybridized carbons (Fsp3) is 0.619. The third-order valence-electron chi connectivity index (χ3n) is 5.28. The molecule has 2 rings (SSSR count). The highest BCUT2D eigenvalue weighted by atomic mass is 35.5. The summed E-state index contributed by atoms with van der Waals surface area (Å²) in [6, 6.07) is 7.51. The van der Waals surface area contributed by atoms with Crippen molar-refractivity contribution < 1.29 is 19.4 Å². The lowest BCUT2D eigenvalue weighted by molar-refractivity contribution is -1.00. The van der Waals surface area contributed by atoms with Crippen molar-refractivity contribution in [3.05, 3.63) is 29.3 Å². The molecule has 0 radical (unpaired) electrons. The molecule has 2 amide bonds. The number of para-hydroxylation sites is 1. The maximum absolute atomic E-state index is 12.3. The van der Waals surface area contributed by atoms with E-state index in [-0.39, 0.29) is 17.9 Å². The van der Waals surface area contributed by atoms with Crippen LogP contribution < -0.4 is 20.4 Å². The number of benzene rings is 1. The molecule has 0 aromatic heterocycles. The van der Waals surface area contributed by atoms with Gasteiger partial charge in [-0.05, 0) is 25.5 Å². The average molecular weight is 411 g/mol. The number of hydrogen-bond acceptors (Lipinski definition) is 2. The topological polar surface area (TPSA) is 67.1 Å². The molecule has 1 aromatic carbocycles. The van der Waals surface area contributed by atoms with Gasteiger partial charge in [0.2, 0.25) is 0 Å². The molecule has 28 heavy (non-hydrogen) atoms. The maximum atomic E-state index is 12.3. The fourth-order valence-electron chi connectivity index (χ4n) is 3.62. The molecule has 1 saturated heterocycles. The average Bonchev–Trinajstić information content (AvgIpc) is 2.65. The Hall–Kier alpha value is -1.63. The van der Waals surface area contributed by atoms with Gasteiger partial charge in [0.05, 0.1) is 10.7 Å². The lowest BCUT2D eigenvalue weighted by Crippen LogP contribution is -3.28. The van der Waals surface area contributed by atoms with Crippen molar-refractivity contribution in [2.75, 3.05) is 44.6 Å². The number of amides is 2. The number of rotatable bonds is 10. The number of nitrogens with one attached hydrogen (secondary N) is 4. The van der Waals surface area contributed by atoms with Crippen molar-refractivity contribution in [1.29, 1.82) is 0 Å². The van der Waals surface area contributed by atoms with Gasteiger partial charge in [-0.15, -0.1) is 0 Å². The molecular weight excluding hydrogens is 376 g/mol. The van der Waals surface area contributed by atoms with Crippen LogP contribution in [-0.4, -0.2) is 57.1 Å². The van der Waals surface area contributed by atoms with E-state index >= 15 is 0 Å². The Morgan fingerprint density at radius 3 is 2.25 bits per heavy atom. The Kier molecular flexibility index (Phi) is 9.75. The zero-order chi connectivity index (χ0) is 20.4. The van der Waals surface area contributed by atoms with Gasteiger partial charge < -0.3 is 20.4 Å². The van der Waals surface area contributed by atoms with Crippen LogP contribution in [0, 0.1) is 0 Å². The van der Waals surface area contributed by atoms with Gasteiger partial charge in [-0.25, -0.2) is 0 Å². The Morgan fingerprint density at radius 1 is 1.04 bits per heavy atom. The maximum Gasteiger partial charge on any atom is 0.279 e. The van der Waals surface area contributed by atoms with E-state index in [0.29, 0.717) is 23.8 Å². The number of halogens is 1. The van der Waals surface area contributed by atoms with Crippen molar-refractivity contribution in [3.8, 4) is 0 Å². The van der Waals surface area contributed by atoms with Gasteiger partial charge in [-0.3, -0.25) is 9.59 Å². The first kappa shape index (κ1) is 22.7. The number of unbranched alkanes of at least 4 members (excludes halogenated alkanes) is 2. The highest BCUT2D eigenvalue weighted by molar-refractivity contribution is 6.33. The first-order valence-electron chi connectivity index (χ1n) is 10.5. The second kappa shape index (κ2) is 12.0. The lowest BCUT2D eigenvalue weighted by atomic mass is 10.1. The zero-order valence-electron chi connectivity index (χ0n) is 17.2. The van der Waals surface area contributed by atoms with Crippen LogP contribution in [0.15, 0.2) is 24.3 Å². The summed E-state index contributed by atoms with van der Waals surface area (Å²) < 4.78 is 0. The number of hydrogen-bond donors (Lipinski definition) is 4. The van der Waals surface area contributed by atoms with E-state index in [1.165, 1.54) is 29.1 Å². The molecule has 1 heterocycles. The van der Waals surface area contributed by atoms with Crippen LogP contribution in [0.4, 0.5) is 5.69 Å². The van der Waals surface area contributed by atoms with Gasteiger partial charge in [-0.2, -0.15) is 0 Å². The second-order valence-electron chi connectivity index (χ2n) is 7.85. The van der Waals surface area contributed by atoms with Crippen molar-refractivity contribution in [2.45, 2.75) is 45.6 Å². The Morgan fingerprint density at radius 2 is 1.64 bits per heavy atom. The van der Waals surface area contributed by atoms with Crippen molar-refractivity contribution in [2.24, 2.45) is 0 Å². The molecule has 0 bridgehead atoms. The van der Waals surface area contributed by atoms with Crippen LogP contribution in [0.2, 0.25) is 5.02 Å². The van der Waals surface area contributed by atoms with E-state index in [9.17, 15) is 9.59 Å². The minimum absolute atomic E-state index is 0.0230. The molecule has 1 aliphatic rings. The van der Waals surface area contributed by atoms with Crippen LogP contribution in [0.1, 0.15) is 39.5 Å². The largest absolute Gasteiger partial charge is 0.349 e. The Bertz CT molecular complexity index is 633. The minimum Gasteiger partial charge on any atom is -0.349 e. The summed E-state index contributed by atoms with van der Waals surface area (Å²) in [5, 5.41) is 6.55. The normalized spacial score (nSPS) is 20.4. The van der Waals surface area contributed by atoms with Gasteiger partial charge >= 0.3 is 0 Å². The van der Waals surface area contributed by atoms with E-state index in [0.717, 1.165) is 32.6 Å². The smallest absolute Gasteiger partial charge is 0.279 e. The summed E-state index contributed by atoms with van der Waals surface area (Å²) in [6.07, 6.45) is 4.64. The van der Waals surface area contributed by atoms with Crippen LogP contribution in [0.5, 0.6) is 0 Å². The number of piperazine rings is 1. The molecule has 6 nitrogen and oxygen atoms in total. The van der Waals surface area contributed by atoms with Gasteiger partial charge in [0.25, 0.3) is 11.8 Å². The fourth-order valence-corrected chi connectivity index (χ4v) is 3.80. The third-order valence-corrected chi connectivity index (χ3v) is 5.61. The summed E-state index contributed by atoms with van der Waals surface area (Å²) in [7, 11) is 0. The van der Waals surface area contributed by atoms with E-state index in [1.54, 1.807) is 12.1 Å². The predicted octanol–water partition coefficient (Wildman–Crippen LogP) is 0.147. The van der Waals surface area contributed by atoms with Gasteiger partial charge in [-0.1, -0.05) is 49.9 Å². The minimum atomic E-state index is -0.0230. The van der Waals surface area contributed by atoms with Crippen LogP contribution in [-0.2, 0) is 9.59 Å². The summed E-state index contributed by atoms with van der Waals surface area (Å²) in [6.45, 7) is 8.83. The summed E-state index contributed by atoms with van der Waals surface area (Å²) in [4.78, 5) is 27.0. The molecule has 0 spiro atoms. The summed E-state index contributed by atoms with van der Waals surface area (Å²) >= 11 is 6.09. The van der Waals surface area contributed by atoms with Gasteiger partial charge in [0.15, 0.2) is 13.1 Å². The summed E-state index contributed by atoms with van der Waals surface area (Å²) in [5.74, 6) is 0.115. The SMILES string of the molecule is CCCCC[C@@H](C)NC(=O)C[NH+]1CC[NH+](CC(=O)Nc2ccccc2Cl)CC1. The van der Waals surface area contributed by atoms with E-state index in [4.69, 9.17) is 11.6 Å². The third kappa shape index (κ3) is 8.17. The Balaban J connectivity index is 1.64. The molecule has 1 atom stereocenters. The molecule has 7 heteroatoms. The summed E-state index contributed by atoms with van der Waals surface area (Å²) in [5.41, 5.74) is 0.655. The monoisotopic (exact) mass is 410 g/mol. The molecule has 156 valence electrons. The molecule has 4 N–H and O–H groups in total. The molecule has 0 aliphatic carbocycles. The van der Waals surface area contributed by atoms with Crippen molar-refractivity contribution >= 4 is 29.1 Å². The number of carbonyl (C=O) groups is 2. The van der Waals surface area contributed by atoms with Crippen molar-refractivity contribution in [1.82, 2.24) is 5.32 Å². The highest BCUT2D eigenvalue weighted by Crippen LogP contribution is 2.19. The van der Waals surface area contributed by atoms with Gasteiger partial charge in [0.1, 0.15) is 26.2 Å². The first-order chi connectivity index (χ1) is 13.5. The standard InChI is InChI=1S/C21H33ClN4O2/c1-3-4-5-8-17(2)23-20(27)15-25-11-13-26(14-12-25)16-21(28)24-19-10-7-6-9-18(19)22/h6-7,9-10,17H,3-5,8,11-16H2,1-2H3,(H,23,27)(H,24,28)/p+2/t17-/m1/s1. The molecule has 0 saturated carbocycles. The van der Waals surface area contributed by atoms with Gasteiger partial charge in [0, 0.05) is 6.04 Å². The van der Waals surface area contributed by atoms with E-state index < -0.39 is 0 Å². The molecule has 0 unspecified atom stereocenters. The lowest BCUT2D eigenvalue weighted by Gasteiger charge is -2.29. The second-order valence-corrected chi connectivity index (χ2v) is 8.25. The van der Waals surface area contributed by atoms with E-state index in [1.807, 2.05) is 12.1 Å². The quantitative estimate of drug-likeness (QED) is 0.415. The van der Waals surface area contributed by atoms with Crippen LogP contribution in [0.25, 0.3) is 0 Å². The number of anilines is 1. The number of carbonyl (C=O) groups excluding carboxylic acids is 2. The van der Waals surface area contributed by atoms with E-state index in [2.05, 4.69) is 24.5 Å². The Labute approximate surface area is 173 Å². The molecular formula is C21H35ClN4O2+2. The highest BCUT2D eigenvalue weighted by Gasteiger charge is 2.26. The predicted molar refractivity (Wildman–Crippen MR) is 113 cm³/mol.